The second kappa shape index (κ2) is 6.60. The molecule has 5 heteroatoms. The lowest BCUT2D eigenvalue weighted by Gasteiger charge is -2.18. The lowest BCUT2D eigenvalue weighted by Crippen LogP contribution is -2.23. The molecule has 4 nitrogen and oxygen atoms in total. The molecule has 0 unspecified atom stereocenters. The Hall–Kier alpha value is -2.04. The quantitative estimate of drug-likeness (QED) is 0.718. The molecule has 1 aromatic carbocycles. The number of fused-ring (bicyclic) bond motifs is 1. The summed E-state index contributed by atoms with van der Waals surface area (Å²) in [5.74, 6) is 0. The van der Waals surface area contributed by atoms with Gasteiger partial charge in [0.2, 0.25) is 0 Å². The number of imidazole rings is 1. The van der Waals surface area contributed by atoms with E-state index in [2.05, 4.69) is 23.1 Å². The molecule has 0 radical (unpaired) electrons. The number of nitrogens with zero attached hydrogens (tertiary/aromatic N) is 3. The van der Waals surface area contributed by atoms with E-state index in [0.29, 0.717) is 5.02 Å². The van der Waals surface area contributed by atoms with E-state index in [1.807, 2.05) is 42.6 Å². The van der Waals surface area contributed by atoms with Crippen LogP contribution in [0.1, 0.15) is 19.5 Å². The van der Waals surface area contributed by atoms with Gasteiger partial charge in [-0.25, -0.2) is 4.98 Å². The van der Waals surface area contributed by atoms with Gasteiger partial charge in [0.05, 0.1) is 16.4 Å². The highest BCUT2D eigenvalue weighted by atomic mass is 35.5. The summed E-state index contributed by atoms with van der Waals surface area (Å²) in [6.45, 7) is 7.12. The lowest BCUT2D eigenvalue weighted by molar-refractivity contribution is 0.292. The van der Waals surface area contributed by atoms with Gasteiger partial charge < -0.3 is 10.1 Å². The van der Waals surface area contributed by atoms with E-state index in [1.165, 1.54) is 0 Å². The van der Waals surface area contributed by atoms with Gasteiger partial charge in [-0.1, -0.05) is 37.6 Å². The van der Waals surface area contributed by atoms with Crippen LogP contribution in [0.2, 0.25) is 5.02 Å². The zero-order valence-electron chi connectivity index (χ0n) is 13.5. The van der Waals surface area contributed by atoms with Gasteiger partial charge >= 0.3 is 0 Å². The van der Waals surface area contributed by atoms with E-state index < -0.39 is 0 Å². The Morgan fingerprint density at radius 1 is 1.17 bits per heavy atom. The molecule has 2 heterocycles. The van der Waals surface area contributed by atoms with Crippen molar-refractivity contribution < 1.29 is 0 Å². The molecule has 0 spiro atoms. The van der Waals surface area contributed by atoms with Crippen molar-refractivity contribution in [3.63, 3.8) is 0 Å². The van der Waals surface area contributed by atoms with E-state index >= 15 is 0 Å². The van der Waals surface area contributed by atoms with E-state index in [4.69, 9.17) is 22.3 Å². The standard InChI is InChI=1S/C18H21ClN4/c1-3-22(4-2)12-16-18(13-6-5-7-15(20)10-13)21-17-9-8-14(19)11-23(16)17/h5-11H,3-4,12,20H2,1-2H3. The molecule has 23 heavy (non-hydrogen) atoms. The van der Waals surface area contributed by atoms with E-state index in [-0.39, 0.29) is 0 Å². The van der Waals surface area contributed by atoms with Crippen molar-refractivity contribution >= 4 is 22.9 Å². The summed E-state index contributed by atoms with van der Waals surface area (Å²) in [6, 6.07) is 11.7. The summed E-state index contributed by atoms with van der Waals surface area (Å²) in [5.41, 5.74) is 10.7. The third-order valence-corrected chi connectivity index (χ3v) is 4.33. The van der Waals surface area contributed by atoms with Crippen molar-refractivity contribution in [2.45, 2.75) is 20.4 Å². The molecule has 0 aliphatic carbocycles. The summed E-state index contributed by atoms with van der Waals surface area (Å²) >= 11 is 6.19. The number of nitrogen functional groups attached to an aromatic ring is 1. The van der Waals surface area contributed by atoms with E-state index in [9.17, 15) is 0 Å². The van der Waals surface area contributed by atoms with Crippen molar-refractivity contribution in [1.82, 2.24) is 14.3 Å². The fourth-order valence-corrected chi connectivity index (χ4v) is 2.96. The highest BCUT2D eigenvalue weighted by Crippen LogP contribution is 2.28. The van der Waals surface area contributed by atoms with Crippen LogP contribution in [0.15, 0.2) is 42.6 Å². The first-order chi connectivity index (χ1) is 11.1. The fraction of sp³-hybridized carbons (Fsp3) is 0.278. The zero-order chi connectivity index (χ0) is 16.4. The van der Waals surface area contributed by atoms with Crippen LogP contribution in [-0.4, -0.2) is 27.4 Å². The van der Waals surface area contributed by atoms with Gasteiger partial charge in [-0.15, -0.1) is 0 Å². The van der Waals surface area contributed by atoms with Gasteiger partial charge in [-0.05, 0) is 37.4 Å². The fourth-order valence-electron chi connectivity index (χ4n) is 2.79. The van der Waals surface area contributed by atoms with Gasteiger partial charge in [0, 0.05) is 24.0 Å². The Labute approximate surface area is 141 Å². The van der Waals surface area contributed by atoms with Gasteiger partial charge in [-0.2, -0.15) is 0 Å². The smallest absolute Gasteiger partial charge is 0.137 e. The Morgan fingerprint density at radius 3 is 2.65 bits per heavy atom. The zero-order valence-corrected chi connectivity index (χ0v) is 14.2. The predicted octanol–water partition coefficient (Wildman–Crippen LogP) is 4.08. The number of hydrogen-bond acceptors (Lipinski definition) is 3. The second-order valence-corrected chi connectivity index (χ2v) is 6.01. The molecule has 0 fully saturated rings. The molecule has 120 valence electrons. The van der Waals surface area contributed by atoms with Crippen LogP contribution >= 0.6 is 11.6 Å². The number of hydrogen-bond donors (Lipinski definition) is 1. The van der Waals surface area contributed by atoms with Crippen LogP contribution in [0.4, 0.5) is 5.69 Å². The third kappa shape index (κ3) is 3.19. The van der Waals surface area contributed by atoms with Crippen molar-refractivity contribution in [3.05, 3.63) is 53.3 Å². The molecular formula is C18H21ClN4. The minimum Gasteiger partial charge on any atom is -0.399 e. The number of nitrogens with two attached hydrogens (primary N) is 1. The van der Waals surface area contributed by atoms with Crippen molar-refractivity contribution in [2.75, 3.05) is 18.8 Å². The predicted molar refractivity (Wildman–Crippen MR) is 96.7 cm³/mol. The Morgan fingerprint density at radius 2 is 1.96 bits per heavy atom. The number of anilines is 1. The summed E-state index contributed by atoms with van der Waals surface area (Å²) in [4.78, 5) is 7.17. The Bertz CT molecular complexity index is 821. The molecule has 0 amide bonds. The first kappa shape index (κ1) is 15.8. The first-order valence-corrected chi connectivity index (χ1v) is 8.25. The van der Waals surface area contributed by atoms with Gasteiger partial charge in [0.25, 0.3) is 0 Å². The number of aromatic nitrogens is 2. The number of benzene rings is 1. The molecule has 2 N–H and O–H groups in total. The highest BCUT2D eigenvalue weighted by Gasteiger charge is 2.16. The van der Waals surface area contributed by atoms with E-state index in [1.54, 1.807) is 0 Å². The van der Waals surface area contributed by atoms with Crippen LogP contribution in [0, 0.1) is 0 Å². The molecular weight excluding hydrogens is 308 g/mol. The lowest BCUT2D eigenvalue weighted by atomic mass is 10.1. The largest absolute Gasteiger partial charge is 0.399 e. The van der Waals surface area contributed by atoms with Crippen LogP contribution in [0.5, 0.6) is 0 Å². The van der Waals surface area contributed by atoms with Crippen LogP contribution < -0.4 is 5.73 Å². The number of halogens is 1. The SMILES string of the molecule is CCN(CC)Cc1c(-c2cccc(N)c2)nc2ccc(Cl)cn12. The second-order valence-electron chi connectivity index (χ2n) is 5.57. The van der Waals surface area contributed by atoms with Crippen molar-refractivity contribution in [1.29, 1.82) is 0 Å². The maximum atomic E-state index is 6.19. The van der Waals surface area contributed by atoms with E-state index in [0.717, 1.165) is 47.9 Å². The Balaban J connectivity index is 2.19. The topological polar surface area (TPSA) is 46.6 Å². The molecule has 0 aliphatic rings. The molecule has 2 aromatic heterocycles. The maximum Gasteiger partial charge on any atom is 0.137 e. The Kier molecular flexibility index (Phi) is 4.55. The number of rotatable bonds is 5. The average Bonchev–Trinajstić information content (AvgIpc) is 2.90. The first-order valence-electron chi connectivity index (χ1n) is 7.87. The normalized spacial score (nSPS) is 11.5. The third-order valence-electron chi connectivity index (χ3n) is 4.11. The number of pyridine rings is 1. The molecule has 3 rings (SSSR count). The maximum absolute atomic E-state index is 6.19. The summed E-state index contributed by atoms with van der Waals surface area (Å²) < 4.78 is 2.08. The van der Waals surface area contributed by atoms with Gasteiger partial charge in [-0.3, -0.25) is 4.90 Å². The average molecular weight is 329 g/mol. The molecule has 3 aromatic rings. The summed E-state index contributed by atoms with van der Waals surface area (Å²) in [7, 11) is 0. The van der Waals surface area contributed by atoms with Crippen LogP contribution in [-0.2, 0) is 6.54 Å². The highest BCUT2D eigenvalue weighted by molar-refractivity contribution is 6.30. The van der Waals surface area contributed by atoms with Gasteiger partial charge in [0.1, 0.15) is 5.65 Å². The van der Waals surface area contributed by atoms with Crippen LogP contribution in [0.3, 0.4) is 0 Å². The van der Waals surface area contributed by atoms with Crippen LogP contribution in [0.25, 0.3) is 16.9 Å². The van der Waals surface area contributed by atoms with Crippen molar-refractivity contribution in [3.8, 4) is 11.3 Å². The van der Waals surface area contributed by atoms with Gasteiger partial charge in [0.15, 0.2) is 0 Å². The molecule has 0 saturated heterocycles. The molecule has 0 saturated carbocycles. The monoisotopic (exact) mass is 328 g/mol. The molecule has 0 bridgehead atoms. The summed E-state index contributed by atoms with van der Waals surface area (Å²) in [5, 5.41) is 0.704. The van der Waals surface area contributed by atoms with Crippen molar-refractivity contribution in [2.24, 2.45) is 0 Å². The molecule has 0 aliphatic heterocycles. The minimum absolute atomic E-state index is 0.704. The minimum atomic E-state index is 0.704. The molecule has 0 atom stereocenters. The summed E-state index contributed by atoms with van der Waals surface area (Å²) in [6.07, 6.45) is 1.93.